The number of nitrogens with one attached hydrogen (secondary N) is 1. The Balaban J connectivity index is 2.04. The maximum absolute atomic E-state index is 6.40. The van der Waals surface area contributed by atoms with E-state index in [2.05, 4.69) is 10.2 Å². The third-order valence-electron chi connectivity index (χ3n) is 3.74. The monoisotopic (exact) mass is 326 g/mol. The first-order chi connectivity index (χ1) is 11.1. The highest BCUT2D eigenvalue weighted by Gasteiger charge is 2.17. The van der Waals surface area contributed by atoms with Crippen LogP contribution in [0.1, 0.15) is 23.0 Å². The molecule has 1 unspecified atom stereocenters. The number of nitrogens with two attached hydrogens (primary N) is 1. The summed E-state index contributed by atoms with van der Waals surface area (Å²) in [5, 5.41) is 7.15. The molecule has 0 saturated heterocycles. The van der Waals surface area contributed by atoms with Gasteiger partial charge in [0.25, 0.3) is 0 Å². The Morgan fingerprint density at radius 2 is 1.78 bits per heavy atom. The van der Waals surface area contributed by atoms with Crippen LogP contribution in [0.25, 0.3) is 5.69 Å². The fourth-order valence-electron chi connectivity index (χ4n) is 2.42. The van der Waals surface area contributed by atoms with E-state index < -0.39 is 0 Å². The molecule has 0 bridgehead atoms. The largest absolute Gasteiger partial charge is 0.497 e. The molecule has 1 atom stereocenters. The SMILES string of the molecule is COc1ccc(-n2c(C(N)c3ccc(C)cc3)n[nH]c2=S)cc1. The molecule has 118 valence electrons. The van der Waals surface area contributed by atoms with E-state index in [1.165, 1.54) is 5.56 Å². The fraction of sp³-hybridized carbons (Fsp3) is 0.176. The standard InChI is InChI=1S/C17H18N4OS/c1-11-3-5-12(6-4-11)15(18)16-19-20-17(23)21(16)13-7-9-14(22-2)10-8-13/h3-10,15H,18H2,1-2H3,(H,20,23). The first-order valence-electron chi connectivity index (χ1n) is 7.24. The van der Waals surface area contributed by atoms with E-state index in [4.69, 9.17) is 22.7 Å². The summed E-state index contributed by atoms with van der Waals surface area (Å²) in [5.74, 6) is 1.46. The van der Waals surface area contributed by atoms with Gasteiger partial charge in [0.2, 0.25) is 0 Å². The van der Waals surface area contributed by atoms with E-state index in [-0.39, 0.29) is 6.04 Å². The third-order valence-corrected chi connectivity index (χ3v) is 4.02. The lowest BCUT2D eigenvalue weighted by Gasteiger charge is -2.14. The lowest BCUT2D eigenvalue weighted by Crippen LogP contribution is -2.17. The van der Waals surface area contributed by atoms with Gasteiger partial charge in [-0.05, 0) is 49.0 Å². The van der Waals surface area contributed by atoms with Crippen molar-refractivity contribution in [1.82, 2.24) is 14.8 Å². The smallest absolute Gasteiger partial charge is 0.199 e. The highest BCUT2D eigenvalue weighted by atomic mass is 32.1. The molecule has 0 aliphatic rings. The molecule has 1 heterocycles. The van der Waals surface area contributed by atoms with Crippen LogP contribution in [-0.4, -0.2) is 21.9 Å². The van der Waals surface area contributed by atoms with Crippen LogP contribution in [0.4, 0.5) is 0 Å². The number of rotatable bonds is 4. The predicted molar refractivity (Wildman–Crippen MR) is 92.5 cm³/mol. The molecule has 0 amide bonds. The van der Waals surface area contributed by atoms with Crippen molar-refractivity contribution in [3.05, 3.63) is 70.3 Å². The Hall–Kier alpha value is -2.44. The number of aromatic nitrogens is 3. The summed E-state index contributed by atoms with van der Waals surface area (Å²) < 4.78 is 7.55. The normalized spacial score (nSPS) is 12.1. The first-order valence-corrected chi connectivity index (χ1v) is 7.65. The molecule has 0 fully saturated rings. The van der Waals surface area contributed by atoms with E-state index in [9.17, 15) is 0 Å². The van der Waals surface area contributed by atoms with Gasteiger partial charge in [0.05, 0.1) is 13.2 Å². The molecular formula is C17H18N4OS. The van der Waals surface area contributed by atoms with Gasteiger partial charge in [-0.15, -0.1) is 0 Å². The lowest BCUT2D eigenvalue weighted by molar-refractivity contribution is 0.414. The molecule has 3 rings (SSSR count). The minimum absolute atomic E-state index is 0.370. The van der Waals surface area contributed by atoms with Crippen molar-refractivity contribution in [3.63, 3.8) is 0 Å². The second-order valence-corrected chi connectivity index (χ2v) is 5.70. The molecule has 3 N–H and O–H groups in total. The van der Waals surface area contributed by atoms with Crippen molar-refractivity contribution in [2.24, 2.45) is 5.73 Å². The number of hydrogen-bond donors (Lipinski definition) is 2. The number of H-pyrrole nitrogens is 1. The Labute approximate surface area is 139 Å². The first kappa shape index (κ1) is 15.5. The van der Waals surface area contributed by atoms with Crippen LogP contribution in [0.2, 0.25) is 0 Å². The molecule has 2 aromatic carbocycles. The maximum Gasteiger partial charge on any atom is 0.199 e. The van der Waals surface area contributed by atoms with Crippen molar-refractivity contribution >= 4 is 12.2 Å². The zero-order valence-corrected chi connectivity index (χ0v) is 13.8. The second kappa shape index (κ2) is 6.36. The lowest BCUT2D eigenvalue weighted by atomic mass is 10.1. The maximum atomic E-state index is 6.40. The highest BCUT2D eigenvalue weighted by molar-refractivity contribution is 7.71. The average molecular weight is 326 g/mol. The minimum atomic E-state index is -0.370. The number of aromatic amines is 1. The molecule has 0 spiro atoms. The predicted octanol–water partition coefficient (Wildman–Crippen LogP) is 3.30. The molecule has 0 aliphatic heterocycles. The van der Waals surface area contributed by atoms with Gasteiger partial charge < -0.3 is 10.5 Å². The third kappa shape index (κ3) is 3.04. The van der Waals surface area contributed by atoms with Crippen molar-refractivity contribution in [3.8, 4) is 11.4 Å². The average Bonchev–Trinajstić information content (AvgIpc) is 2.96. The van der Waals surface area contributed by atoms with Crippen LogP contribution in [-0.2, 0) is 0 Å². The van der Waals surface area contributed by atoms with Gasteiger partial charge in [-0.1, -0.05) is 29.8 Å². The summed E-state index contributed by atoms with van der Waals surface area (Å²) in [7, 11) is 1.64. The molecule has 3 aromatic rings. The molecule has 6 heteroatoms. The Bertz CT molecular complexity index is 850. The van der Waals surface area contributed by atoms with Crippen LogP contribution in [0.5, 0.6) is 5.75 Å². The van der Waals surface area contributed by atoms with Crippen LogP contribution >= 0.6 is 12.2 Å². The van der Waals surface area contributed by atoms with Gasteiger partial charge >= 0.3 is 0 Å². The van der Waals surface area contributed by atoms with E-state index in [0.29, 0.717) is 10.6 Å². The molecular weight excluding hydrogens is 308 g/mol. The summed E-state index contributed by atoms with van der Waals surface area (Å²) in [6, 6.07) is 15.3. The minimum Gasteiger partial charge on any atom is -0.497 e. The van der Waals surface area contributed by atoms with E-state index in [1.54, 1.807) is 7.11 Å². The van der Waals surface area contributed by atoms with Gasteiger partial charge in [-0.3, -0.25) is 9.67 Å². The zero-order valence-electron chi connectivity index (χ0n) is 13.0. The zero-order chi connectivity index (χ0) is 16.4. The number of aryl methyl sites for hydroxylation is 1. The highest BCUT2D eigenvalue weighted by Crippen LogP contribution is 2.23. The second-order valence-electron chi connectivity index (χ2n) is 5.31. The van der Waals surface area contributed by atoms with Gasteiger partial charge in [-0.2, -0.15) is 5.10 Å². The van der Waals surface area contributed by atoms with E-state index in [0.717, 1.165) is 17.0 Å². The topological polar surface area (TPSA) is 68.9 Å². The Kier molecular flexibility index (Phi) is 4.27. The van der Waals surface area contributed by atoms with E-state index in [1.807, 2.05) is 60.0 Å². The van der Waals surface area contributed by atoms with Gasteiger partial charge in [0.15, 0.2) is 10.6 Å². The molecule has 0 saturated carbocycles. The summed E-state index contributed by atoms with van der Waals surface area (Å²) >= 11 is 5.36. The Morgan fingerprint density at radius 1 is 1.13 bits per heavy atom. The molecule has 0 aliphatic carbocycles. The molecule has 1 aromatic heterocycles. The molecule has 23 heavy (non-hydrogen) atoms. The van der Waals surface area contributed by atoms with Crippen LogP contribution in [0.15, 0.2) is 48.5 Å². The van der Waals surface area contributed by atoms with E-state index >= 15 is 0 Å². The number of nitrogens with zero attached hydrogens (tertiary/aromatic N) is 2. The van der Waals surface area contributed by atoms with Gasteiger partial charge in [0.1, 0.15) is 5.75 Å². The summed E-state index contributed by atoms with van der Waals surface area (Å²) in [5.41, 5.74) is 9.47. The Morgan fingerprint density at radius 3 is 2.39 bits per heavy atom. The van der Waals surface area contributed by atoms with Crippen molar-refractivity contribution in [1.29, 1.82) is 0 Å². The number of benzene rings is 2. The number of methoxy groups -OCH3 is 1. The molecule has 5 nitrogen and oxygen atoms in total. The van der Waals surface area contributed by atoms with Crippen LogP contribution in [0.3, 0.4) is 0 Å². The molecule has 0 radical (unpaired) electrons. The number of hydrogen-bond acceptors (Lipinski definition) is 4. The van der Waals surface area contributed by atoms with Gasteiger partial charge in [-0.25, -0.2) is 0 Å². The summed E-state index contributed by atoms with van der Waals surface area (Å²) in [6.07, 6.45) is 0. The van der Waals surface area contributed by atoms with Crippen LogP contribution in [0, 0.1) is 11.7 Å². The summed E-state index contributed by atoms with van der Waals surface area (Å²) in [6.45, 7) is 2.04. The van der Waals surface area contributed by atoms with Crippen molar-refractivity contribution in [2.75, 3.05) is 7.11 Å². The quantitative estimate of drug-likeness (QED) is 0.722. The number of ether oxygens (including phenoxy) is 1. The van der Waals surface area contributed by atoms with Gasteiger partial charge in [0, 0.05) is 5.69 Å². The fourth-order valence-corrected chi connectivity index (χ4v) is 2.67. The van der Waals surface area contributed by atoms with Crippen LogP contribution < -0.4 is 10.5 Å². The summed E-state index contributed by atoms with van der Waals surface area (Å²) in [4.78, 5) is 0. The van der Waals surface area contributed by atoms with Crippen molar-refractivity contribution in [2.45, 2.75) is 13.0 Å². The van der Waals surface area contributed by atoms with Crippen molar-refractivity contribution < 1.29 is 4.74 Å².